The average Bonchev–Trinajstić information content (AvgIpc) is 2.58. The van der Waals surface area contributed by atoms with Crippen molar-refractivity contribution in [2.45, 2.75) is 27.8 Å². The molecule has 0 bridgehead atoms. The molecule has 0 atom stereocenters. The minimum Gasteiger partial charge on any atom is -0.246 e. The lowest BCUT2D eigenvalue weighted by Gasteiger charge is -2.28. The van der Waals surface area contributed by atoms with E-state index < -0.39 is 25.7 Å². The first-order valence-corrected chi connectivity index (χ1v) is 6.27. The molecule has 0 amide bonds. The highest BCUT2D eigenvalue weighted by molar-refractivity contribution is 6.75. The van der Waals surface area contributed by atoms with Crippen LogP contribution in [-0.2, 0) is 17.1 Å². The molecule has 1 aromatic heterocycles. The Labute approximate surface area is 125 Å². The lowest BCUT2D eigenvalue weighted by molar-refractivity contribution is -0.142. The van der Waals surface area contributed by atoms with Crippen molar-refractivity contribution in [3.05, 3.63) is 11.4 Å². The van der Waals surface area contributed by atoms with Crippen molar-refractivity contribution >= 4 is 58.0 Å². The SMILES string of the molecule is CCn1nnc(C(F)(F)F)c1C(Cl)(Cl)C(Cl)(Cl)Cl. The van der Waals surface area contributed by atoms with Crippen molar-refractivity contribution in [1.29, 1.82) is 0 Å². The van der Waals surface area contributed by atoms with Crippen LogP contribution in [0.25, 0.3) is 0 Å². The smallest absolute Gasteiger partial charge is 0.246 e. The van der Waals surface area contributed by atoms with Crippen LogP contribution in [0, 0.1) is 0 Å². The summed E-state index contributed by atoms with van der Waals surface area (Å²) in [6.07, 6.45) is -4.81. The van der Waals surface area contributed by atoms with Gasteiger partial charge in [-0.15, -0.1) is 5.10 Å². The summed E-state index contributed by atoms with van der Waals surface area (Å²) in [6, 6.07) is 0. The largest absolute Gasteiger partial charge is 0.437 e. The molecule has 18 heavy (non-hydrogen) atoms. The molecule has 0 spiro atoms. The highest BCUT2D eigenvalue weighted by Crippen LogP contribution is 2.54. The molecular weight excluding hydrogens is 360 g/mol. The molecule has 0 unspecified atom stereocenters. The molecular formula is C7H5Cl5F3N3. The van der Waals surface area contributed by atoms with Gasteiger partial charge >= 0.3 is 6.18 Å². The third-order valence-electron chi connectivity index (χ3n) is 1.96. The third-order valence-corrected chi connectivity index (χ3v) is 4.31. The number of alkyl halides is 8. The highest BCUT2D eigenvalue weighted by atomic mass is 35.6. The second-order valence-corrected chi connectivity index (χ2v) is 6.78. The second-order valence-electron chi connectivity index (χ2n) is 3.17. The van der Waals surface area contributed by atoms with Gasteiger partial charge in [0.15, 0.2) is 5.69 Å². The predicted molar refractivity (Wildman–Crippen MR) is 64.4 cm³/mol. The maximum atomic E-state index is 12.8. The minimum atomic E-state index is -4.81. The number of hydrogen-bond donors (Lipinski definition) is 0. The van der Waals surface area contributed by atoms with Gasteiger partial charge in [0, 0.05) is 6.54 Å². The van der Waals surface area contributed by atoms with Crippen LogP contribution < -0.4 is 0 Å². The summed E-state index contributed by atoms with van der Waals surface area (Å²) in [5, 5.41) is 6.26. The molecule has 0 saturated heterocycles. The first-order chi connectivity index (χ1) is 7.93. The Morgan fingerprint density at radius 2 is 1.61 bits per heavy atom. The Morgan fingerprint density at radius 3 is 1.94 bits per heavy atom. The van der Waals surface area contributed by atoms with Gasteiger partial charge in [-0.2, -0.15) is 13.2 Å². The fourth-order valence-corrected chi connectivity index (χ4v) is 1.81. The van der Waals surface area contributed by atoms with Crippen LogP contribution in [0.5, 0.6) is 0 Å². The first kappa shape index (κ1) is 16.4. The zero-order chi connectivity index (χ0) is 14.4. The van der Waals surface area contributed by atoms with Crippen molar-refractivity contribution in [2.75, 3.05) is 0 Å². The van der Waals surface area contributed by atoms with Crippen LogP contribution in [0.4, 0.5) is 13.2 Å². The van der Waals surface area contributed by atoms with Crippen molar-refractivity contribution in [3.63, 3.8) is 0 Å². The molecule has 104 valence electrons. The Hall–Kier alpha value is 0.380. The van der Waals surface area contributed by atoms with Crippen LogP contribution in [0.15, 0.2) is 0 Å². The number of nitrogens with zero attached hydrogens (tertiary/aromatic N) is 3. The van der Waals surface area contributed by atoms with Gasteiger partial charge < -0.3 is 0 Å². The molecule has 1 rings (SSSR count). The van der Waals surface area contributed by atoms with Crippen LogP contribution in [0.1, 0.15) is 18.3 Å². The highest BCUT2D eigenvalue weighted by Gasteiger charge is 2.55. The van der Waals surface area contributed by atoms with Gasteiger partial charge in [0.2, 0.25) is 8.13 Å². The molecule has 0 saturated carbocycles. The number of halogens is 8. The van der Waals surface area contributed by atoms with Crippen LogP contribution >= 0.6 is 58.0 Å². The molecule has 0 aliphatic rings. The standard InChI is InChI=1S/C7H5Cl5F3N3/c1-2-18-4(5(8,9)7(10,11)12)3(16-17-18)6(13,14)15/h2H2,1H3. The number of aromatic nitrogens is 3. The van der Waals surface area contributed by atoms with E-state index in [4.69, 9.17) is 58.0 Å². The summed E-state index contributed by atoms with van der Waals surface area (Å²) in [6.45, 7) is 1.54. The number of hydrogen-bond acceptors (Lipinski definition) is 2. The molecule has 1 aromatic rings. The van der Waals surface area contributed by atoms with E-state index in [-0.39, 0.29) is 6.54 Å². The molecule has 11 heteroatoms. The van der Waals surface area contributed by atoms with Crippen LogP contribution in [0.2, 0.25) is 0 Å². The van der Waals surface area contributed by atoms with Gasteiger partial charge in [0.25, 0.3) is 0 Å². The van der Waals surface area contributed by atoms with Gasteiger partial charge in [-0.25, -0.2) is 4.68 Å². The number of aryl methyl sites for hydroxylation is 1. The Balaban J connectivity index is 3.52. The zero-order valence-corrected chi connectivity index (χ0v) is 12.4. The molecule has 0 N–H and O–H groups in total. The lowest BCUT2D eigenvalue weighted by atomic mass is 10.2. The summed E-state index contributed by atoms with van der Waals surface area (Å²) in [7, 11) is 0. The maximum Gasteiger partial charge on any atom is 0.437 e. The second kappa shape index (κ2) is 5.05. The minimum absolute atomic E-state index is 0.0281. The van der Waals surface area contributed by atoms with E-state index in [0.717, 1.165) is 4.68 Å². The average molecular weight is 365 g/mol. The molecule has 0 radical (unpaired) electrons. The molecule has 0 aliphatic carbocycles. The predicted octanol–water partition coefficient (Wildman–Crippen LogP) is 4.32. The van der Waals surface area contributed by atoms with Gasteiger partial charge in [0.1, 0.15) is 5.69 Å². The fourth-order valence-electron chi connectivity index (χ4n) is 1.17. The van der Waals surface area contributed by atoms with E-state index in [0.29, 0.717) is 0 Å². The fraction of sp³-hybridized carbons (Fsp3) is 0.714. The first-order valence-electron chi connectivity index (χ1n) is 4.38. The molecule has 3 nitrogen and oxygen atoms in total. The Morgan fingerprint density at radius 1 is 1.11 bits per heavy atom. The Bertz CT molecular complexity index is 437. The quantitative estimate of drug-likeness (QED) is 0.731. The van der Waals surface area contributed by atoms with Crippen molar-refractivity contribution < 1.29 is 13.2 Å². The molecule has 1 heterocycles. The Kier molecular flexibility index (Phi) is 4.61. The third kappa shape index (κ3) is 2.93. The molecule has 0 fully saturated rings. The van der Waals surface area contributed by atoms with Crippen LogP contribution in [-0.4, -0.2) is 18.8 Å². The summed E-state index contributed by atoms with van der Waals surface area (Å²) in [5.74, 6) is 0. The normalized spacial score (nSPS) is 14.1. The maximum absolute atomic E-state index is 12.8. The molecule has 0 aliphatic heterocycles. The van der Waals surface area contributed by atoms with Gasteiger partial charge in [0.05, 0.1) is 0 Å². The van der Waals surface area contributed by atoms with E-state index in [1.54, 1.807) is 0 Å². The molecule has 0 aromatic carbocycles. The monoisotopic (exact) mass is 363 g/mol. The summed E-state index contributed by atoms with van der Waals surface area (Å²) in [4.78, 5) is 0. The van der Waals surface area contributed by atoms with Crippen LogP contribution in [0.3, 0.4) is 0 Å². The van der Waals surface area contributed by atoms with Gasteiger partial charge in [-0.3, -0.25) is 0 Å². The van der Waals surface area contributed by atoms with Crippen molar-refractivity contribution in [3.8, 4) is 0 Å². The zero-order valence-electron chi connectivity index (χ0n) is 8.57. The van der Waals surface area contributed by atoms with E-state index in [1.165, 1.54) is 6.92 Å². The van der Waals surface area contributed by atoms with Gasteiger partial charge in [-0.05, 0) is 6.92 Å². The lowest BCUT2D eigenvalue weighted by Crippen LogP contribution is -2.33. The topological polar surface area (TPSA) is 30.7 Å². The van der Waals surface area contributed by atoms with Crippen molar-refractivity contribution in [1.82, 2.24) is 15.0 Å². The number of rotatable bonds is 2. The van der Waals surface area contributed by atoms with Crippen molar-refractivity contribution in [2.24, 2.45) is 0 Å². The van der Waals surface area contributed by atoms with E-state index in [1.807, 2.05) is 0 Å². The van der Waals surface area contributed by atoms with E-state index >= 15 is 0 Å². The van der Waals surface area contributed by atoms with E-state index in [9.17, 15) is 13.2 Å². The summed E-state index contributed by atoms with van der Waals surface area (Å²) in [5.41, 5.74) is -2.10. The summed E-state index contributed by atoms with van der Waals surface area (Å²) < 4.78 is 34.3. The van der Waals surface area contributed by atoms with E-state index in [2.05, 4.69) is 10.3 Å². The van der Waals surface area contributed by atoms with Gasteiger partial charge in [-0.1, -0.05) is 63.2 Å². The summed E-state index contributed by atoms with van der Waals surface area (Å²) >= 11 is 28.0.